The Morgan fingerprint density at radius 3 is 2.41 bits per heavy atom. The molecule has 3 nitrogen and oxygen atoms in total. The SMILES string of the molecule is COC=Cc1cc(OC(C)C)c(OC)cc1Br. The summed E-state index contributed by atoms with van der Waals surface area (Å²) in [5.74, 6) is 1.43. The van der Waals surface area contributed by atoms with Crippen molar-refractivity contribution in [1.29, 1.82) is 0 Å². The molecule has 0 spiro atoms. The molecule has 17 heavy (non-hydrogen) atoms. The third-order valence-corrected chi connectivity index (χ3v) is 2.72. The highest BCUT2D eigenvalue weighted by Gasteiger charge is 2.10. The normalized spacial score (nSPS) is 10.9. The van der Waals surface area contributed by atoms with E-state index < -0.39 is 0 Å². The van der Waals surface area contributed by atoms with Crippen LogP contribution in [-0.4, -0.2) is 20.3 Å². The average Bonchev–Trinajstić information content (AvgIpc) is 2.28. The fourth-order valence-corrected chi connectivity index (χ4v) is 1.78. The van der Waals surface area contributed by atoms with Crippen molar-refractivity contribution in [1.82, 2.24) is 0 Å². The highest BCUT2D eigenvalue weighted by Crippen LogP contribution is 2.34. The van der Waals surface area contributed by atoms with E-state index in [0.717, 1.165) is 15.8 Å². The number of halogens is 1. The topological polar surface area (TPSA) is 27.7 Å². The van der Waals surface area contributed by atoms with Crippen LogP contribution in [0.5, 0.6) is 11.5 Å². The molecule has 0 unspecified atom stereocenters. The number of methoxy groups -OCH3 is 2. The first-order valence-electron chi connectivity index (χ1n) is 5.32. The van der Waals surface area contributed by atoms with Gasteiger partial charge < -0.3 is 14.2 Å². The molecule has 1 aromatic rings. The molecule has 0 N–H and O–H groups in total. The van der Waals surface area contributed by atoms with Gasteiger partial charge in [0.25, 0.3) is 0 Å². The van der Waals surface area contributed by atoms with Gasteiger partial charge in [-0.1, -0.05) is 15.9 Å². The van der Waals surface area contributed by atoms with E-state index in [4.69, 9.17) is 14.2 Å². The number of hydrogen-bond acceptors (Lipinski definition) is 3. The van der Waals surface area contributed by atoms with E-state index in [1.807, 2.05) is 32.1 Å². The zero-order valence-electron chi connectivity index (χ0n) is 10.5. The molecule has 4 heteroatoms. The summed E-state index contributed by atoms with van der Waals surface area (Å²) in [4.78, 5) is 0. The van der Waals surface area contributed by atoms with Crippen LogP contribution in [0.25, 0.3) is 6.08 Å². The van der Waals surface area contributed by atoms with Gasteiger partial charge in [0.1, 0.15) is 0 Å². The number of benzene rings is 1. The van der Waals surface area contributed by atoms with Gasteiger partial charge in [-0.25, -0.2) is 0 Å². The maximum atomic E-state index is 5.69. The van der Waals surface area contributed by atoms with Crippen molar-refractivity contribution in [2.24, 2.45) is 0 Å². The minimum Gasteiger partial charge on any atom is -0.504 e. The van der Waals surface area contributed by atoms with Crippen LogP contribution in [0.1, 0.15) is 19.4 Å². The highest BCUT2D eigenvalue weighted by atomic mass is 79.9. The molecule has 0 aliphatic rings. The van der Waals surface area contributed by atoms with E-state index in [1.165, 1.54) is 0 Å². The van der Waals surface area contributed by atoms with Crippen LogP contribution >= 0.6 is 15.9 Å². The lowest BCUT2D eigenvalue weighted by molar-refractivity contribution is 0.230. The van der Waals surface area contributed by atoms with Crippen molar-refractivity contribution in [3.63, 3.8) is 0 Å². The molecule has 0 aliphatic carbocycles. The van der Waals surface area contributed by atoms with Crippen LogP contribution in [-0.2, 0) is 4.74 Å². The second-order valence-corrected chi connectivity index (χ2v) is 4.58. The lowest BCUT2D eigenvalue weighted by Gasteiger charge is -2.15. The van der Waals surface area contributed by atoms with Gasteiger partial charge in [-0.05, 0) is 37.6 Å². The zero-order chi connectivity index (χ0) is 12.8. The van der Waals surface area contributed by atoms with Crippen LogP contribution in [0.3, 0.4) is 0 Å². The first-order valence-corrected chi connectivity index (χ1v) is 6.11. The Labute approximate surface area is 111 Å². The summed E-state index contributed by atoms with van der Waals surface area (Å²) in [6, 6.07) is 3.80. The molecule has 1 rings (SSSR count). The lowest BCUT2D eigenvalue weighted by Crippen LogP contribution is -2.07. The monoisotopic (exact) mass is 300 g/mol. The van der Waals surface area contributed by atoms with Gasteiger partial charge in [-0.15, -0.1) is 0 Å². The summed E-state index contributed by atoms with van der Waals surface area (Å²) in [6.45, 7) is 3.96. The fourth-order valence-electron chi connectivity index (χ4n) is 1.33. The number of ether oxygens (including phenoxy) is 3. The average molecular weight is 301 g/mol. The van der Waals surface area contributed by atoms with E-state index in [2.05, 4.69) is 15.9 Å². The van der Waals surface area contributed by atoms with Crippen molar-refractivity contribution < 1.29 is 14.2 Å². The van der Waals surface area contributed by atoms with E-state index in [-0.39, 0.29) is 6.10 Å². The van der Waals surface area contributed by atoms with Gasteiger partial charge in [-0.2, -0.15) is 0 Å². The second kappa shape index (κ2) is 6.55. The number of hydrogen-bond donors (Lipinski definition) is 0. The Morgan fingerprint density at radius 1 is 1.18 bits per heavy atom. The first kappa shape index (κ1) is 13.9. The third-order valence-electron chi connectivity index (χ3n) is 2.03. The van der Waals surface area contributed by atoms with E-state index in [9.17, 15) is 0 Å². The Balaban J connectivity index is 3.12. The Kier molecular flexibility index (Phi) is 5.35. The molecule has 0 aromatic heterocycles. The standard InChI is InChI=1S/C13H17BrO3/c1-9(2)17-13-7-10(5-6-15-3)11(14)8-12(13)16-4/h5-9H,1-4H3. The van der Waals surface area contributed by atoms with Crippen molar-refractivity contribution >= 4 is 22.0 Å². The van der Waals surface area contributed by atoms with Crippen molar-refractivity contribution in [2.45, 2.75) is 20.0 Å². The summed E-state index contributed by atoms with van der Waals surface area (Å²) >= 11 is 3.48. The Hall–Kier alpha value is -1.16. The molecule has 0 amide bonds. The van der Waals surface area contributed by atoms with Crippen LogP contribution in [0, 0.1) is 0 Å². The molecule has 94 valence electrons. The molecule has 0 aliphatic heterocycles. The zero-order valence-corrected chi connectivity index (χ0v) is 12.1. The predicted molar refractivity (Wildman–Crippen MR) is 72.5 cm³/mol. The Morgan fingerprint density at radius 2 is 1.88 bits per heavy atom. The summed E-state index contributed by atoms with van der Waals surface area (Å²) in [5.41, 5.74) is 0.975. The van der Waals surface area contributed by atoms with Crippen LogP contribution in [0.15, 0.2) is 22.9 Å². The molecular weight excluding hydrogens is 284 g/mol. The number of rotatable bonds is 5. The maximum absolute atomic E-state index is 5.69. The maximum Gasteiger partial charge on any atom is 0.162 e. The minimum absolute atomic E-state index is 0.101. The van der Waals surface area contributed by atoms with Gasteiger partial charge in [-0.3, -0.25) is 0 Å². The lowest BCUT2D eigenvalue weighted by atomic mass is 10.2. The molecule has 0 radical (unpaired) electrons. The molecule has 0 fully saturated rings. The van der Waals surface area contributed by atoms with Gasteiger partial charge in [0.2, 0.25) is 0 Å². The minimum atomic E-state index is 0.101. The molecule has 0 atom stereocenters. The van der Waals surface area contributed by atoms with Crippen molar-refractivity contribution in [2.75, 3.05) is 14.2 Å². The highest BCUT2D eigenvalue weighted by molar-refractivity contribution is 9.10. The van der Waals surface area contributed by atoms with Crippen LogP contribution < -0.4 is 9.47 Å². The second-order valence-electron chi connectivity index (χ2n) is 3.73. The molecule has 1 aromatic carbocycles. The summed E-state index contributed by atoms with van der Waals surface area (Å²) in [6.07, 6.45) is 3.58. The molecule has 0 bridgehead atoms. The van der Waals surface area contributed by atoms with Crippen molar-refractivity contribution in [3.8, 4) is 11.5 Å². The smallest absolute Gasteiger partial charge is 0.162 e. The quantitative estimate of drug-likeness (QED) is 0.773. The van der Waals surface area contributed by atoms with Gasteiger partial charge in [0, 0.05) is 4.47 Å². The summed E-state index contributed by atoms with van der Waals surface area (Å²) < 4.78 is 16.8. The molecule has 0 saturated heterocycles. The van der Waals surface area contributed by atoms with Crippen molar-refractivity contribution in [3.05, 3.63) is 28.4 Å². The molecule has 0 saturated carbocycles. The van der Waals surface area contributed by atoms with Gasteiger partial charge in [0.15, 0.2) is 11.5 Å². The predicted octanol–water partition coefficient (Wildman–Crippen LogP) is 3.86. The molecule has 0 heterocycles. The van der Waals surface area contributed by atoms with E-state index in [0.29, 0.717) is 5.75 Å². The largest absolute Gasteiger partial charge is 0.504 e. The fraction of sp³-hybridized carbons (Fsp3) is 0.385. The third kappa shape index (κ3) is 3.97. The van der Waals surface area contributed by atoms with Crippen LogP contribution in [0.4, 0.5) is 0 Å². The van der Waals surface area contributed by atoms with Gasteiger partial charge in [0.05, 0.1) is 26.6 Å². The Bertz CT molecular complexity index is 400. The summed E-state index contributed by atoms with van der Waals surface area (Å²) in [5, 5.41) is 0. The van der Waals surface area contributed by atoms with Crippen LogP contribution in [0.2, 0.25) is 0 Å². The van der Waals surface area contributed by atoms with Gasteiger partial charge >= 0.3 is 0 Å². The first-order chi connectivity index (χ1) is 8.08. The molecular formula is C13H17BrO3. The summed E-state index contributed by atoms with van der Waals surface area (Å²) in [7, 11) is 3.24. The van der Waals surface area contributed by atoms with E-state index in [1.54, 1.807) is 20.5 Å². The van der Waals surface area contributed by atoms with E-state index >= 15 is 0 Å².